The number of nitrogens with zero attached hydrogens (tertiary/aromatic N) is 4. The van der Waals surface area contributed by atoms with Crippen molar-refractivity contribution in [1.29, 1.82) is 0 Å². The molecule has 2 N–H and O–H groups in total. The maximum atomic E-state index is 12.5. The number of carbonyl (C=O) groups excluding carboxylic acids is 1. The molecule has 0 saturated heterocycles. The number of aromatic nitrogens is 5. The molecule has 8 heteroatoms. The van der Waals surface area contributed by atoms with E-state index in [-0.39, 0.29) is 17.2 Å². The molecule has 8 nitrogen and oxygen atoms in total. The molecule has 128 valence electrons. The minimum atomic E-state index is -0.365. The molecule has 0 aliphatic carbocycles. The Morgan fingerprint density at radius 2 is 2.00 bits per heavy atom. The van der Waals surface area contributed by atoms with Gasteiger partial charge in [0, 0.05) is 30.5 Å². The molecular formula is C18H14N6O2. The monoisotopic (exact) mass is 346 g/mol. The number of aromatic amines is 1. The van der Waals surface area contributed by atoms with E-state index in [0.717, 1.165) is 11.4 Å². The highest BCUT2D eigenvalue weighted by molar-refractivity contribution is 6.04. The van der Waals surface area contributed by atoms with Crippen LogP contribution < -0.4 is 10.9 Å². The van der Waals surface area contributed by atoms with Crippen LogP contribution in [0.1, 0.15) is 16.1 Å². The standard InChI is InChI=1S/C18H14N6O2/c25-17-14-4-2-1-3-13(14)16(22-23-17)18(26)21-10-12-5-6-15(20-9-12)24-8-7-19-11-24/h1-9,11H,10H2,(H,21,26)(H,23,25). The van der Waals surface area contributed by atoms with E-state index in [0.29, 0.717) is 17.3 Å². The van der Waals surface area contributed by atoms with Gasteiger partial charge in [0.1, 0.15) is 12.1 Å². The van der Waals surface area contributed by atoms with Crippen molar-refractivity contribution in [2.24, 2.45) is 0 Å². The van der Waals surface area contributed by atoms with Crippen molar-refractivity contribution in [3.63, 3.8) is 0 Å². The molecule has 1 aromatic carbocycles. The van der Waals surface area contributed by atoms with Crippen molar-refractivity contribution in [2.45, 2.75) is 6.54 Å². The second kappa shape index (κ2) is 6.60. The molecule has 1 amide bonds. The Hall–Kier alpha value is -3.81. The SMILES string of the molecule is O=C(NCc1ccc(-n2ccnc2)nc1)c1n[nH]c(=O)c2ccccc12. The number of imidazole rings is 1. The molecule has 4 rings (SSSR count). The lowest BCUT2D eigenvalue weighted by Gasteiger charge is -2.07. The minimum Gasteiger partial charge on any atom is -0.346 e. The summed E-state index contributed by atoms with van der Waals surface area (Å²) in [6, 6.07) is 10.6. The van der Waals surface area contributed by atoms with E-state index in [1.807, 2.05) is 12.1 Å². The smallest absolute Gasteiger partial charge is 0.272 e. The highest BCUT2D eigenvalue weighted by atomic mass is 16.2. The number of fused-ring (bicyclic) bond motifs is 1. The number of carbonyl (C=O) groups is 1. The van der Waals surface area contributed by atoms with Gasteiger partial charge in [0.05, 0.1) is 5.39 Å². The van der Waals surface area contributed by atoms with Crippen LogP contribution in [0.4, 0.5) is 0 Å². The number of benzene rings is 1. The number of pyridine rings is 1. The summed E-state index contributed by atoms with van der Waals surface area (Å²) in [5.74, 6) is 0.377. The molecule has 4 aromatic rings. The topological polar surface area (TPSA) is 106 Å². The highest BCUT2D eigenvalue weighted by Gasteiger charge is 2.13. The van der Waals surface area contributed by atoms with Gasteiger partial charge in [-0.2, -0.15) is 5.10 Å². The van der Waals surface area contributed by atoms with Crippen molar-refractivity contribution in [1.82, 2.24) is 30.0 Å². The molecule has 0 aliphatic rings. The highest BCUT2D eigenvalue weighted by Crippen LogP contribution is 2.12. The lowest BCUT2D eigenvalue weighted by molar-refractivity contribution is 0.0946. The molecule has 0 fully saturated rings. The molecule has 3 aromatic heterocycles. The Morgan fingerprint density at radius 1 is 1.15 bits per heavy atom. The van der Waals surface area contributed by atoms with Crippen LogP contribution in [0, 0.1) is 0 Å². The molecule has 0 atom stereocenters. The fourth-order valence-corrected chi connectivity index (χ4v) is 2.62. The summed E-state index contributed by atoms with van der Waals surface area (Å²) < 4.78 is 1.79. The van der Waals surface area contributed by atoms with Gasteiger partial charge in [-0.15, -0.1) is 0 Å². The first kappa shape index (κ1) is 15.7. The van der Waals surface area contributed by atoms with Gasteiger partial charge in [0.2, 0.25) is 0 Å². The average Bonchev–Trinajstić information content (AvgIpc) is 3.22. The van der Waals surface area contributed by atoms with Crippen LogP contribution in [-0.4, -0.2) is 30.6 Å². The molecule has 0 radical (unpaired) electrons. The summed E-state index contributed by atoms with van der Waals surface area (Å²) in [5, 5.41) is 9.99. The van der Waals surface area contributed by atoms with Crippen LogP contribution in [0.15, 0.2) is 66.1 Å². The third-order valence-electron chi connectivity index (χ3n) is 3.94. The third kappa shape index (κ3) is 2.95. The van der Waals surface area contributed by atoms with Gasteiger partial charge in [-0.25, -0.2) is 15.1 Å². The number of rotatable bonds is 4. The molecule has 0 saturated carbocycles. The zero-order valence-corrected chi connectivity index (χ0v) is 13.6. The second-order valence-corrected chi connectivity index (χ2v) is 5.62. The summed E-state index contributed by atoms with van der Waals surface area (Å²) in [6.07, 6.45) is 6.83. The first-order valence-electron chi connectivity index (χ1n) is 7.91. The quantitative estimate of drug-likeness (QED) is 0.581. The molecule has 3 heterocycles. The molecular weight excluding hydrogens is 332 g/mol. The minimum absolute atomic E-state index is 0.184. The number of hydrogen-bond donors (Lipinski definition) is 2. The van der Waals surface area contributed by atoms with Crippen LogP contribution in [0.5, 0.6) is 0 Å². The van der Waals surface area contributed by atoms with Crippen LogP contribution in [0.25, 0.3) is 16.6 Å². The number of hydrogen-bond acceptors (Lipinski definition) is 5. The Balaban J connectivity index is 1.51. The zero-order valence-electron chi connectivity index (χ0n) is 13.6. The number of nitrogens with one attached hydrogen (secondary N) is 2. The first-order chi connectivity index (χ1) is 12.7. The van der Waals surface area contributed by atoms with Crippen LogP contribution in [-0.2, 0) is 6.54 Å². The predicted molar refractivity (Wildman–Crippen MR) is 94.9 cm³/mol. The number of H-pyrrole nitrogens is 1. The maximum absolute atomic E-state index is 12.5. The van der Waals surface area contributed by atoms with Crippen LogP contribution >= 0.6 is 0 Å². The Morgan fingerprint density at radius 3 is 2.73 bits per heavy atom. The van der Waals surface area contributed by atoms with E-state index in [2.05, 4.69) is 25.5 Å². The fourth-order valence-electron chi connectivity index (χ4n) is 2.62. The Kier molecular flexibility index (Phi) is 3.98. The normalized spacial score (nSPS) is 10.8. The van der Waals surface area contributed by atoms with Gasteiger partial charge >= 0.3 is 0 Å². The first-order valence-corrected chi connectivity index (χ1v) is 7.91. The second-order valence-electron chi connectivity index (χ2n) is 5.62. The van der Waals surface area contributed by atoms with Gasteiger partial charge in [-0.05, 0) is 17.7 Å². The summed E-state index contributed by atoms with van der Waals surface area (Å²) in [6.45, 7) is 0.297. The summed E-state index contributed by atoms with van der Waals surface area (Å²) in [7, 11) is 0. The Labute approximate surface area is 147 Å². The summed E-state index contributed by atoms with van der Waals surface area (Å²) in [4.78, 5) is 32.6. The lowest BCUT2D eigenvalue weighted by atomic mass is 10.1. The van der Waals surface area contributed by atoms with Crippen molar-refractivity contribution in [3.8, 4) is 5.82 Å². The summed E-state index contributed by atoms with van der Waals surface area (Å²) >= 11 is 0. The predicted octanol–water partition coefficient (Wildman–Crippen LogP) is 1.43. The average molecular weight is 346 g/mol. The van der Waals surface area contributed by atoms with Crippen molar-refractivity contribution in [3.05, 3.63) is 82.9 Å². The van der Waals surface area contributed by atoms with E-state index in [4.69, 9.17) is 0 Å². The van der Waals surface area contributed by atoms with E-state index >= 15 is 0 Å². The van der Waals surface area contributed by atoms with Crippen molar-refractivity contribution < 1.29 is 4.79 Å². The Bertz CT molecular complexity index is 1120. The van der Waals surface area contributed by atoms with Crippen LogP contribution in [0.3, 0.4) is 0 Å². The van der Waals surface area contributed by atoms with E-state index < -0.39 is 0 Å². The van der Waals surface area contributed by atoms with Crippen LogP contribution in [0.2, 0.25) is 0 Å². The van der Waals surface area contributed by atoms with Gasteiger partial charge < -0.3 is 5.32 Å². The van der Waals surface area contributed by atoms with Crippen molar-refractivity contribution in [2.75, 3.05) is 0 Å². The molecule has 0 spiro atoms. The van der Waals surface area contributed by atoms with E-state index in [1.165, 1.54) is 0 Å². The van der Waals surface area contributed by atoms with Gasteiger partial charge in [-0.1, -0.05) is 24.3 Å². The van der Waals surface area contributed by atoms with Gasteiger partial charge in [0.15, 0.2) is 5.69 Å². The molecule has 0 aliphatic heterocycles. The van der Waals surface area contributed by atoms with Gasteiger partial charge in [0.25, 0.3) is 11.5 Å². The zero-order chi connectivity index (χ0) is 17.9. The molecule has 0 unspecified atom stereocenters. The largest absolute Gasteiger partial charge is 0.346 e. The van der Waals surface area contributed by atoms with Gasteiger partial charge in [-0.3, -0.25) is 14.2 Å². The molecule has 0 bridgehead atoms. The number of amides is 1. The third-order valence-corrected chi connectivity index (χ3v) is 3.94. The van der Waals surface area contributed by atoms with E-state index in [9.17, 15) is 9.59 Å². The summed E-state index contributed by atoms with van der Waals surface area (Å²) in [5.41, 5.74) is 0.704. The fraction of sp³-hybridized carbons (Fsp3) is 0.0556. The maximum Gasteiger partial charge on any atom is 0.272 e. The lowest BCUT2D eigenvalue weighted by Crippen LogP contribution is -2.26. The van der Waals surface area contributed by atoms with Crippen molar-refractivity contribution >= 4 is 16.7 Å². The molecule has 26 heavy (non-hydrogen) atoms. The van der Waals surface area contributed by atoms with E-state index in [1.54, 1.807) is 53.8 Å².